The van der Waals surface area contributed by atoms with Crippen LogP contribution in [0.4, 0.5) is 10.5 Å². The van der Waals surface area contributed by atoms with Crippen LogP contribution in [-0.4, -0.2) is 49.7 Å². The molecule has 0 bridgehead atoms. The number of rotatable bonds is 5. The summed E-state index contributed by atoms with van der Waals surface area (Å²) in [6, 6.07) is 4.09. The van der Waals surface area contributed by atoms with Crippen LogP contribution in [0.3, 0.4) is 0 Å². The Morgan fingerprint density at radius 3 is 2.55 bits per heavy atom. The average molecular weight is 405 g/mol. The molecule has 3 N–H and O–H groups in total. The van der Waals surface area contributed by atoms with Crippen molar-refractivity contribution in [1.82, 2.24) is 5.32 Å². The normalized spacial score (nSPS) is 19.1. The second-order valence-corrected chi connectivity index (χ2v) is 7.19. The number of hydrogen-bond acceptors (Lipinski definition) is 7. The molecule has 3 rings (SSSR count). The number of hydrogen-bond donors (Lipinski definition) is 2. The summed E-state index contributed by atoms with van der Waals surface area (Å²) in [5.74, 6) is -1.71. The zero-order chi connectivity index (χ0) is 21.1. The van der Waals surface area contributed by atoms with Crippen LogP contribution >= 0.6 is 0 Å². The van der Waals surface area contributed by atoms with Gasteiger partial charge in [0, 0.05) is 24.7 Å². The Morgan fingerprint density at radius 2 is 1.90 bits per heavy atom. The average Bonchev–Trinajstić information content (AvgIpc) is 3.06. The van der Waals surface area contributed by atoms with Crippen molar-refractivity contribution in [2.75, 3.05) is 24.7 Å². The van der Waals surface area contributed by atoms with Crippen molar-refractivity contribution in [3.05, 3.63) is 18.2 Å². The lowest BCUT2D eigenvalue weighted by molar-refractivity contribution is -0.161. The number of imide groups is 1. The minimum atomic E-state index is -1.19. The van der Waals surface area contributed by atoms with Gasteiger partial charge in [0.15, 0.2) is 17.6 Å². The SMILES string of the molecule is CC(C)[C@H](OC(=O)[C@@H]1CC(=O)N(c2ccc3c(c2)OCCO3)C1)C(=O)NC(N)=O. The molecule has 0 saturated carbocycles. The van der Waals surface area contributed by atoms with Gasteiger partial charge in [0.05, 0.1) is 5.92 Å². The van der Waals surface area contributed by atoms with Gasteiger partial charge in [0.25, 0.3) is 5.91 Å². The molecule has 2 aliphatic rings. The number of anilines is 1. The molecule has 0 aromatic heterocycles. The molecular weight excluding hydrogens is 382 g/mol. The summed E-state index contributed by atoms with van der Waals surface area (Å²) >= 11 is 0. The Morgan fingerprint density at radius 1 is 1.21 bits per heavy atom. The number of carbonyl (C=O) groups excluding carboxylic acids is 4. The Hall–Kier alpha value is -3.30. The molecule has 2 aliphatic heterocycles. The van der Waals surface area contributed by atoms with Crippen molar-refractivity contribution < 1.29 is 33.4 Å². The van der Waals surface area contributed by atoms with E-state index in [1.807, 2.05) is 5.32 Å². The lowest BCUT2D eigenvalue weighted by Crippen LogP contribution is -2.46. The Kier molecular flexibility index (Phi) is 5.90. The minimum Gasteiger partial charge on any atom is -0.486 e. The van der Waals surface area contributed by atoms with E-state index in [-0.39, 0.29) is 24.8 Å². The Balaban J connectivity index is 1.68. The zero-order valence-corrected chi connectivity index (χ0v) is 16.2. The first-order valence-corrected chi connectivity index (χ1v) is 9.27. The molecule has 10 nitrogen and oxygen atoms in total. The van der Waals surface area contributed by atoms with Gasteiger partial charge in [0.2, 0.25) is 5.91 Å². The fourth-order valence-electron chi connectivity index (χ4n) is 3.22. The predicted molar refractivity (Wildman–Crippen MR) is 100 cm³/mol. The molecule has 0 aliphatic carbocycles. The number of carbonyl (C=O) groups is 4. The maximum atomic E-state index is 12.6. The van der Waals surface area contributed by atoms with Crippen LogP contribution in [0.15, 0.2) is 18.2 Å². The fraction of sp³-hybridized carbons (Fsp3) is 0.474. The van der Waals surface area contributed by atoms with Crippen LogP contribution in [0, 0.1) is 11.8 Å². The number of esters is 1. The number of nitrogens with one attached hydrogen (secondary N) is 1. The van der Waals surface area contributed by atoms with E-state index in [0.717, 1.165) is 0 Å². The highest BCUT2D eigenvalue weighted by atomic mass is 16.6. The molecule has 1 fully saturated rings. The zero-order valence-electron chi connectivity index (χ0n) is 16.2. The molecule has 1 aromatic carbocycles. The first kappa shape index (κ1) is 20.4. The molecule has 2 atom stereocenters. The van der Waals surface area contributed by atoms with Crippen molar-refractivity contribution in [1.29, 1.82) is 0 Å². The lowest BCUT2D eigenvalue weighted by atomic mass is 10.1. The van der Waals surface area contributed by atoms with E-state index < -0.39 is 29.9 Å². The Bertz CT molecular complexity index is 839. The first-order valence-electron chi connectivity index (χ1n) is 9.27. The van der Waals surface area contributed by atoms with Gasteiger partial charge in [-0.25, -0.2) is 4.79 Å². The predicted octanol–water partition coefficient (Wildman–Crippen LogP) is 0.573. The highest BCUT2D eigenvalue weighted by Crippen LogP contribution is 2.36. The van der Waals surface area contributed by atoms with Crippen molar-refractivity contribution in [3.63, 3.8) is 0 Å². The summed E-state index contributed by atoms with van der Waals surface area (Å²) in [5.41, 5.74) is 5.54. The van der Waals surface area contributed by atoms with Crippen LogP contribution in [-0.2, 0) is 19.1 Å². The monoisotopic (exact) mass is 405 g/mol. The van der Waals surface area contributed by atoms with Gasteiger partial charge in [-0.15, -0.1) is 0 Å². The van der Waals surface area contributed by atoms with E-state index in [2.05, 4.69) is 0 Å². The highest BCUT2D eigenvalue weighted by Gasteiger charge is 2.39. The first-order chi connectivity index (χ1) is 13.8. The molecule has 1 aromatic rings. The summed E-state index contributed by atoms with van der Waals surface area (Å²) < 4.78 is 16.3. The van der Waals surface area contributed by atoms with E-state index in [0.29, 0.717) is 30.4 Å². The molecule has 1 saturated heterocycles. The van der Waals surface area contributed by atoms with Gasteiger partial charge in [-0.2, -0.15) is 0 Å². The maximum absolute atomic E-state index is 12.6. The van der Waals surface area contributed by atoms with Gasteiger partial charge in [-0.05, 0) is 18.1 Å². The second kappa shape index (κ2) is 8.38. The summed E-state index contributed by atoms with van der Waals surface area (Å²) in [4.78, 5) is 49.4. The maximum Gasteiger partial charge on any atom is 0.318 e. The van der Waals surface area contributed by atoms with Crippen LogP contribution in [0.5, 0.6) is 11.5 Å². The fourth-order valence-corrected chi connectivity index (χ4v) is 3.22. The number of primary amides is 1. The summed E-state index contributed by atoms with van der Waals surface area (Å²) in [6.07, 6.45) is -1.23. The summed E-state index contributed by atoms with van der Waals surface area (Å²) in [7, 11) is 0. The van der Waals surface area contributed by atoms with E-state index >= 15 is 0 Å². The smallest absolute Gasteiger partial charge is 0.318 e. The van der Waals surface area contributed by atoms with Crippen LogP contribution < -0.4 is 25.4 Å². The van der Waals surface area contributed by atoms with E-state index in [9.17, 15) is 19.2 Å². The van der Waals surface area contributed by atoms with Gasteiger partial charge >= 0.3 is 12.0 Å². The van der Waals surface area contributed by atoms with E-state index in [1.165, 1.54) is 4.90 Å². The summed E-state index contributed by atoms with van der Waals surface area (Å²) in [6.45, 7) is 4.33. The van der Waals surface area contributed by atoms with Crippen molar-refractivity contribution >= 4 is 29.5 Å². The number of fused-ring (bicyclic) bond motifs is 1. The van der Waals surface area contributed by atoms with E-state index in [1.54, 1.807) is 32.0 Å². The minimum absolute atomic E-state index is 0.0461. The highest BCUT2D eigenvalue weighted by molar-refractivity contribution is 6.00. The third-order valence-corrected chi connectivity index (χ3v) is 4.65. The van der Waals surface area contributed by atoms with Gasteiger partial charge < -0.3 is 24.8 Å². The molecule has 0 spiro atoms. The lowest BCUT2D eigenvalue weighted by Gasteiger charge is -2.23. The van der Waals surface area contributed by atoms with Gasteiger partial charge in [0.1, 0.15) is 13.2 Å². The topological polar surface area (TPSA) is 137 Å². The molecule has 0 radical (unpaired) electrons. The third kappa shape index (κ3) is 4.58. The molecule has 156 valence electrons. The number of urea groups is 1. The van der Waals surface area contributed by atoms with Crippen molar-refractivity contribution in [2.24, 2.45) is 17.6 Å². The molecule has 4 amide bonds. The standard InChI is InChI=1S/C19H23N3O7/c1-10(2)16(17(24)21-19(20)26)29-18(25)11-7-15(23)22(9-11)12-3-4-13-14(8-12)28-6-5-27-13/h3-4,8,10-11,16H,5-7,9H2,1-2H3,(H3,20,21,24,26)/t11-,16+/m1/s1. The molecule has 2 heterocycles. The van der Waals surface area contributed by atoms with Crippen molar-refractivity contribution in [2.45, 2.75) is 26.4 Å². The number of benzene rings is 1. The number of amides is 4. The molecule has 0 unspecified atom stereocenters. The quantitative estimate of drug-likeness (QED) is 0.683. The Labute approximate surface area is 167 Å². The van der Waals surface area contributed by atoms with E-state index in [4.69, 9.17) is 19.9 Å². The van der Waals surface area contributed by atoms with Gasteiger partial charge in [-0.1, -0.05) is 13.8 Å². The second-order valence-electron chi connectivity index (χ2n) is 7.19. The number of ether oxygens (including phenoxy) is 3. The molecular formula is C19H23N3O7. The van der Waals surface area contributed by atoms with Crippen LogP contribution in [0.1, 0.15) is 20.3 Å². The number of nitrogens with two attached hydrogens (primary N) is 1. The third-order valence-electron chi connectivity index (χ3n) is 4.65. The van der Waals surface area contributed by atoms with Crippen LogP contribution in [0.25, 0.3) is 0 Å². The number of nitrogens with zero attached hydrogens (tertiary/aromatic N) is 1. The largest absolute Gasteiger partial charge is 0.486 e. The van der Waals surface area contributed by atoms with Gasteiger partial charge in [-0.3, -0.25) is 19.7 Å². The molecule has 10 heteroatoms. The summed E-state index contributed by atoms with van der Waals surface area (Å²) in [5, 5.41) is 1.91. The van der Waals surface area contributed by atoms with Crippen LogP contribution in [0.2, 0.25) is 0 Å². The van der Waals surface area contributed by atoms with Crippen molar-refractivity contribution in [3.8, 4) is 11.5 Å². The molecule has 29 heavy (non-hydrogen) atoms.